The summed E-state index contributed by atoms with van der Waals surface area (Å²) >= 11 is 0. The zero-order valence-electron chi connectivity index (χ0n) is 8.98. The van der Waals surface area contributed by atoms with E-state index in [1.807, 2.05) is 0 Å². The summed E-state index contributed by atoms with van der Waals surface area (Å²) in [6.45, 7) is 13.5. The van der Waals surface area contributed by atoms with Gasteiger partial charge in [-0.25, -0.2) is 0 Å². The van der Waals surface area contributed by atoms with Gasteiger partial charge in [-0.1, -0.05) is 39.3 Å². The van der Waals surface area contributed by atoms with Crippen LogP contribution in [-0.2, 0) is 0 Å². The van der Waals surface area contributed by atoms with Gasteiger partial charge < -0.3 is 0 Å². The molecule has 70 valence electrons. The van der Waals surface area contributed by atoms with Crippen LogP contribution in [0.15, 0.2) is 12.2 Å². The zero-order chi connectivity index (χ0) is 9.35. The first-order valence-electron chi connectivity index (χ1n) is 5.10. The van der Waals surface area contributed by atoms with Crippen LogP contribution in [0.25, 0.3) is 0 Å². The molecule has 0 heterocycles. The molecule has 1 saturated carbocycles. The molecule has 12 heavy (non-hydrogen) atoms. The normalized spacial score (nSPS) is 34.7. The van der Waals surface area contributed by atoms with E-state index in [0.717, 1.165) is 11.8 Å². The molecule has 0 radical (unpaired) electrons. The molecule has 0 nitrogen and oxygen atoms in total. The lowest BCUT2D eigenvalue weighted by atomic mass is 9.63. The minimum absolute atomic E-state index is 0.530. The predicted molar refractivity (Wildman–Crippen MR) is 55.1 cm³/mol. The van der Waals surface area contributed by atoms with Gasteiger partial charge >= 0.3 is 0 Å². The molecule has 0 saturated heterocycles. The summed E-state index contributed by atoms with van der Waals surface area (Å²) in [6.07, 6.45) is 4.13. The summed E-state index contributed by atoms with van der Waals surface area (Å²) in [6, 6.07) is 0. The van der Waals surface area contributed by atoms with Gasteiger partial charge in [0.05, 0.1) is 0 Å². The molecule has 0 aromatic carbocycles. The highest BCUT2D eigenvalue weighted by molar-refractivity contribution is 5.03. The Kier molecular flexibility index (Phi) is 2.65. The van der Waals surface area contributed by atoms with Crippen molar-refractivity contribution < 1.29 is 0 Å². The lowest BCUT2D eigenvalue weighted by molar-refractivity contribution is 0.108. The van der Waals surface area contributed by atoms with E-state index in [-0.39, 0.29) is 0 Å². The molecular formula is C12H22. The molecule has 0 amide bonds. The van der Waals surface area contributed by atoms with Crippen LogP contribution in [0.3, 0.4) is 0 Å². The molecule has 1 aliphatic rings. The topological polar surface area (TPSA) is 0 Å². The highest BCUT2D eigenvalue weighted by Crippen LogP contribution is 2.45. The maximum atomic E-state index is 4.09. The fourth-order valence-electron chi connectivity index (χ4n) is 2.47. The molecule has 2 atom stereocenters. The maximum absolute atomic E-state index is 4.09. The van der Waals surface area contributed by atoms with Gasteiger partial charge in [-0.2, -0.15) is 0 Å². The van der Waals surface area contributed by atoms with Crippen LogP contribution >= 0.6 is 0 Å². The summed E-state index contributed by atoms with van der Waals surface area (Å²) in [4.78, 5) is 0. The molecule has 1 rings (SSSR count). The number of hydrogen-bond acceptors (Lipinski definition) is 0. The molecular weight excluding hydrogens is 144 g/mol. The zero-order valence-corrected chi connectivity index (χ0v) is 8.98. The average Bonchev–Trinajstić information content (AvgIpc) is 1.94. The third-order valence-electron chi connectivity index (χ3n) is 3.81. The van der Waals surface area contributed by atoms with E-state index in [9.17, 15) is 0 Å². The van der Waals surface area contributed by atoms with Crippen molar-refractivity contribution in [3.05, 3.63) is 12.2 Å². The van der Waals surface area contributed by atoms with Gasteiger partial charge in [0, 0.05) is 0 Å². The molecule has 0 N–H and O–H groups in total. The average molecular weight is 166 g/mol. The predicted octanol–water partition coefficient (Wildman–Crippen LogP) is 4.02. The second-order valence-electron chi connectivity index (χ2n) is 5.12. The Bertz CT molecular complexity index is 176. The van der Waals surface area contributed by atoms with Crippen molar-refractivity contribution >= 4 is 0 Å². The van der Waals surface area contributed by atoms with Crippen molar-refractivity contribution in [2.45, 2.75) is 47.0 Å². The van der Waals surface area contributed by atoms with Gasteiger partial charge in [0.15, 0.2) is 0 Å². The number of rotatable bonds is 1. The first kappa shape index (κ1) is 9.83. The summed E-state index contributed by atoms with van der Waals surface area (Å²) in [5.41, 5.74) is 1.91. The highest BCUT2D eigenvalue weighted by atomic mass is 14.4. The molecule has 0 bridgehead atoms. The van der Waals surface area contributed by atoms with Crippen LogP contribution in [0.5, 0.6) is 0 Å². The monoisotopic (exact) mass is 166 g/mol. The maximum Gasteiger partial charge on any atom is -0.0178 e. The van der Waals surface area contributed by atoms with Crippen LogP contribution in [0.2, 0.25) is 0 Å². The van der Waals surface area contributed by atoms with Crippen molar-refractivity contribution in [2.75, 3.05) is 0 Å². The highest BCUT2D eigenvalue weighted by Gasteiger charge is 2.35. The van der Waals surface area contributed by atoms with E-state index < -0.39 is 0 Å². The van der Waals surface area contributed by atoms with Crippen LogP contribution in [-0.4, -0.2) is 0 Å². The van der Waals surface area contributed by atoms with E-state index >= 15 is 0 Å². The van der Waals surface area contributed by atoms with Crippen LogP contribution in [0.4, 0.5) is 0 Å². The standard InChI is InChI=1S/C12H22/c1-9(2)11-7-6-8-12(4,5)10(11)3/h10-11H,1,6-8H2,2-5H3. The quantitative estimate of drug-likeness (QED) is 0.516. The van der Waals surface area contributed by atoms with Gasteiger partial charge in [-0.3, -0.25) is 0 Å². The van der Waals surface area contributed by atoms with Crippen LogP contribution < -0.4 is 0 Å². The molecule has 0 spiro atoms. The SMILES string of the molecule is C=C(C)C1CCCC(C)(C)C1C. The third kappa shape index (κ3) is 1.73. The second kappa shape index (κ2) is 3.24. The molecule has 0 aromatic heterocycles. The summed E-state index contributed by atoms with van der Waals surface area (Å²) < 4.78 is 0. The Balaban J connectivity index is 2.73. The minimum atomic E-state index is 0.530. The van der Waals surface area contributed by atoms with E-state index in [4.69, 9.17) is 0 Å². The number of hydrogen-bond donors (Lipinski definition) is 0. The molecule has 1 fully saturated rings. The Morgan fingerprint density at radius 3 is 2.42 bits per heavy atom. The molecule has 0 aliphatic heterocycles. The first-order valence-corrected chi connectivity index (χ1v) is 5.10. The Hall–Kier alpha value is -0.260. The molecule has 2 unspecified atom stereocenters. The Labute approximate surface area is 77.1 Å². The minimum Gasteiger partial charge on any atom is -0.0999 e. The summed E-state index contributed by atoms with van der Waals surface area (Å²) in [5.74, 6) is 1.58. The van der Waals surface area contributed by atoms with Crippen molar-refractivity contribution in [1.29, 1.82) is 0 Å². The largest absolute Gasteiger partial charge is 0.0999 e. The summed E-state index contributed by atoms with van der Waals surface area (Å²) in [5, 5.41) is 0. The number of allylic oxidation sites excluding steroid dienone is 1. The molecule has 1 aliphatic carbocycles. The Morgan fingerprint density at radius 2 is 2.00 bits per heavy atom. The lowest BCUT2D eigenvalue weighted by Gasteiger charge is -2.42. The van der Waals surface area contributed by atoms with Gasteiger partial charge in [-0.15, -0.1) is 0 Å². The molecule has 0 heteroatoms. The fraction of sp³-hybridized carbons (Fsp3) is 0.833. The van der Waals surface area contributed by atoms with E-state index in [0.29, 0.717) is 5.41 Å². The van der Waals surface area contributed by atoms with Gasteiger partial charge in [0.25, 0.3) is 0 Å². The van der Waals surface area contributed by atoms with Crippen LogP contribution in [0, 0.1) is 17.3 Å². The first-order chi connectivity index (χ1) is 5.45. The smallest absolute Gasteiger partial charge is 0.0178 e. The Morgan fingerprint density at radius 1 is 1.42 bits per heavy atom. The second-order valence-corrected chi connectivity index (χ2v) is 5.12. The van der Waals surface area contributed by atoms with E-state index in [1.54, 1.807) is 0 Å². The lowest BCUT2D eigenvalue weighted by Crippen LogP contribution is -2.33. The van der Waals surface area contributed by atoms with E-state index in [1.165, 1.54) is 24.8 Å². The van der Waals surface area contributed by atoms with E-state index in [2.05, 4.69) is 34.3 Å². The van der Waals surface area contributed by atoms with Crippen molar-refractivity contribution in [3.63, 3.8) is 0 Å². The van der Waals surface area contributed by atoms with Gasteiger partial charge in [-0.05, 0) is 37.0 Å². The third-order valence-corrected chi connectivity index (χ3v) is 3.81. The van der Waals surface area contributed by atoms with Gasteiger partial charge in [0.2, 0.25) is 0 Å². The van der Waals surface area contributed by atoms with Crippen molar-refractivity contribution in [2.24, 2.45) is 17.3 Å². The van der Waals surface area contributed by atoms with Crippen molar-refractivity contribution in [1.82, 2.24) is 0 Å². The van der Waals surface area contributed by atoms with Crippen molar-refractivity contribution in [3.8, 4) is 0 Å². The van der Waals surface area contributed by atoms with Gasteiger partial charge in [0.1, 0.15) is 0 Å². The summed E-state index contributed by atoms with van der Waals surface area (Å²) in [7, 11) is 0. The molecule has 0 aromatic rings. The fourth-order valence-corrected chi connectivity index (χ4v) is 2.47. The van der Waals surface area contributed by atoms with Crippen LogP contribution in [0.1, 0.15) is 47.0 Å².